The summed E-state index contributed by atoms with van der Waals surface area (Å²) >= 11 is 0. The smallest absolute Gasteiger partial charge is 0.174 e. The molecule has 2 aromatic carbocycles. The van der Waals surface area contributed by atoms with E-state index in [9.17, 15) is 20.1 Å². The van der Waals surface area contributed by atoms with Gasteiger partial charge in [0.05, 0.1) is 0 Å². The van der Waals surface area contributed by atoms with Gasteiger partial charge in [-0.15, -0.1) is 0 Å². The van der Waals surface area contributed by atoms with Crippen molar-refractivity contribution in [2.24, 2.45) is 0 Å². The van der Waals surface area contributed by atoms with E-state index in [1.165, 1.54) is 12.1 Å². The molecular formula is C14H12O4. The Labute approximate surface area is 104 Å². The van der Waals surface area contributed by atoms with Gasteiger partial charge >= 0.3 is 0 Å². The van der Waals surface area contributed by atoms with E-state index >= 15 is 0 Å². The minimum atomic E-state index is -1.93. The first kappa shape index (κ1) is 12.1. The van der Waals surface area contributed by atoms with Crippen LogP contribution in [0, 0.1) is 0 Å². The summed E-state index contributed by atoms with van der Waals surface area (Å²) < 4.78 is 0. The molecule has 0 aliphatic heterocycles. The maximum Gasteiger partial charge on any atom is 0.174 e. The number of carbonyl (C=O) groups excluding carboxylic acids is 1. The summed E-state index contributed by atoms with van der Waals surface area (Å²) in [6.45, 7) is 0. The molecule has 4 heteroatoms. The molecule has 0 spiro atoms. The summed E-state index contributed by atoms with van der Waals surface area (Å²) in [5, 5.41) is 29.4. The third-order valence-electron chi connectivity index (χ3n) is 2.78. The van der Waals surface area contributed by atoms with E-state index in [0.717, 1.165) is 6.07 Å². The zero-order valence-corrected chi connectivity index (χ0v) is 9.45. The molecule has 18 heavy (non-hydrogen) atoms. The van der Waals surface area contributed by atoms with Crippen molar-refractivity contribution in [2.45, 2.75) is 5.60 Å². The fourth-order valence-corrected chi connectivity index (χ4v) is 1.82. The lowest BCUT2D eigenvalue weighted by Crippen LogP contribution is -2.29. The number of carbonyl (C=O) groups is 1. The van der Waals surface area contributed by atoms with Crippen LogP contribution in [-0.4, -0.2) is 21.6 Å². The lowest BCUT2D eigenvalue weighted by atomic mass is 9.87. The molecule has 2 rings (SSSR count). The number of aldehydes is 1. The number of hydrogen-bond donors (Lipinski definition) is 3. The number of aromatic hydroxyl groups is 2. The quantitative estimate of drug-likeness (QED) is 0.715. The first-order valence-electron chi connectivity index (χ1n) is 5.34. The molecule has 0 bridgehead atoms. The zero-order chi connectivity index (χ0) is 13.2. The summed E-state index contributed by atoms with van der Waals surface area (Å²) in [5.41, 5.74) is -1.55. The van der Waals surface area contributed by atoms with Crippen LogP contribution in [-0.2, 0) is 10.4 Å². The molecule has 0 heterocycles. The molecule has 0 aliphatic carbocycles. The molecule has 4 nitrogen and oxygen atoms in total. The highest BCUT2D eigenvalue weighted by Crippen LogP contribution is 2.35. The van der Waals surface area contributed by atoms with E-state index in [0.29, 0.717) is 11.8 Å². The Hall–Kier alpha value is -2.33. The van der Waals surface area contributed by atoms with Crippen molar-refractivity contribution >= 4 is 6.29 Å². The Morgan fingerprint density at radius 2 is 1.67 bits per heavy atom. The van der Waals surface area contributed by atoms with Crippen molar-refractivity contribution in [2.75, 3.05) is 0 Å². The topological polar surface area (TPSA) is 77.8 Å². The molecule has 0 amide bonds. The second kappa shape index (κ2) is 4.50. The van der Waals surface area contributed by atoms with Crippen molar-refractivity contribution in [1.29, 1.82) is 0 Å². The van der Waals surface area contributed by atoms with Gasteiger partial charge < -0.3 is 15.3 Å². The summed E-state index contributed by atoms with van der Waals surface area (Å²) in [6.07, 6.45) is 0.356. The predicted molar refractivity (Wildman–Crippen MR) is 65.3 cm³/mol. The van der Waals surface area contributed by atoms with Gasteiger partial charge in [-0.05, 0) is 17.7 Å². The van der Waals surface area contributed by atoms with E-state index in [4.69, 9.17) is 0 Å². The van der Waals surface area contributed by atoms with Gasteiger partial charge in [-0.3, -0.25) is 4.79 Å². The highest BCUT2D eigenvalue weighted by atomic mass is 16.3. The number of phenolic OH excluding ortho intramolecular Hbond substituents is 2. The Bertz CT molecular complexity index is 565. The largest absolute Gasteiger partial charge is 0.508 e. The fourth-order valence-electron chi connectivity index (χ4n) is 1.82. The Morgan fingerprint density at radius 3 is 2.22 bits per heavy atom. The molecule has 92 valence electrons. The minimum Gasteiger partial charge on any atom is -0.508 e. The van der Waals surface area contributed by atoms with Gasteiger partial charge in [-0.25, -0.2) is 0 Å². The van der Waals surface area contributed by atoms with Gasteiger partial charge in [0.15, 0.2) is 11.9 Å². The third kappa shape index (κ3) is 1.94. The van der Waals surface area contributed by atoms with Crippen LogP contribution in [0.5, 0.6) is 11.5 Å². The molecule has 0 radical (unpaired) electrons. The lowest BCUT2D eigenvalue weighted by molar-refractivity contribution is -0.121. The van der Waals surface area contributed by atoms with Gasteiger partial charge in [0, 0.05) is 11.6 Å². The molecule has 1 unspecified atom stereocenters. The van der Waals surface area contributed by atoms with E-state index in [1.807, 2.05) is 0 Å². The second-order valence-electron chi connectivity index (χ2n) is 3.95. The van der Waals surface area contributed by atoms with Crippen LogP contribution in [0.25, 0.3) is 0 Å². The van der Waals surface area contributed by atoms with Crippen LogP contribution < -0.4 is 0 Å². The van der Waals surface area contributed by atoms with Gasteiger partial charge in [0.2, 0.25) is 0 Å². The Balaban J connectivity index is 2.60. The average molecular weight is 244 g/mol. The van der Waals surface area contributed by atoms with E-state index in [1.54, 1.807) is 30.3 Å². The number of aliphatic hydroxyl groups is 1. The molecule has 3 N–H and O–H groups in total. The van der Waals surface area contributed by atoms with Crippen molar-refractivity contribution in [1.82, 2.24) is 0 Å². The van der Waals surface area contributed by atoms with Crippen LogP contribution in [0.15, 0.2) is 48.5 Å². The molecular weight excluding hydrogens is 232 g/mol. The van der Waals surface area contributed by atoms with Gasteiger partial charge in [0.25, 0.3) is 0 Å². The van der Waals surface area contributed by atoms with E-state index in [-0.39, 0.29) is 17.1 Å². The molecule has 1 atom stereocenters. The summed E-state index contributed by atoms with van der Waals surface area (Å²) in [7, 11) is 0. The third-order valence-corrected chi connectivity index (χ3v) is 2.78. The number of hydrogen-bond acceptors (Lipinski definition) is 4. The average Bonchev–Trinajstić information content (AvgIpc) is 2.39. The monoisotopic (exact) mass is 244 g/mol. The fraction of sp³-hybridized carbons (Fsp3) is 0.0714. The van der Waals surface area contributed by atoms with E-state index in [2.05, 4.69) is 0 Å². The standard InChI is InChI=1S/C14H12O4/c15-9-14(18,10-4-2-1-3-5-10)12-7-6-11(16)8-13(12)17/h1-9,16-18H. The number of phenols is 2. The molecule has 0 fully saturated rings. The summed E-state index contributed by atoms with van der Waals surface area (Å²) in [6, 6.07) is 12.0. The molecule has 0 aromatic heterocycles. The summed E-state index contributed by atoms with van der Waals surface area (Å²) in [5.74, 6) is -0.481. The van der Waals surface area contributed by atoms with Gasteiger partial charge in [-0.2, -0.15) is 0 Å². The zero-order valence-electron chi connectivity index (χ0n) is 9.45. The molecule has 2 aromatic rings. The lowest BCUT2D eigenvalue weighted by Gasteiger charge is -2.23. The van der Waals surface area contributed by atoms with Crippen molar-refractivity contribution < 1.29 is 20.1 Å². The Morgan fingerprint density at radius 1 is 1.00 bits per heavy atom. The first-order chi connectivity index (χ1) is 8.58. The van der Waals surface area contributed by atoms with Gasteiger partial charge in [-0.1, -0.05) is 30.3 Å². The predicted octanol–water partition coefficient (Wildman–Crippen LogP) is 1.53. The molecule has 0 aliphatic rings. The van der Waals surface area contributed by atoms with Gasteiger partial charge in [0.1, 0.15) is 11.5 Å². The minimum absolute atomic E-state index is 0.0292. The highest BCUT2D eigenvalue weighted by Gasteiger charge is 2.33. The summed E-state index contributed by atoms with van der Waals surface area (Å²) in [4.78, 5) is 11.2. The first-order valence-corrected chi connectivity index (χ1v) is 5.34. The maximum absolute atomic E-state index is 11.2. The Kier molecular flexibility index (Phi) is 3.04. The number of benzene rings is 2. The van der Waals surface area contributed by atoms with Crippen molar-refractivity contribution in [3.8, 4) is 11.5 Å². The van der Waals surface area contributed by atoms with Crippen LogP contribution in [0.2, 0.25) is 0 Å². The SMILES string of the molecule is O=CC(O)(c1ccccc1)c1ccc(O)cc1O. The van der Waals surface area contributed by atoms with Crippen LogP contribution in [0.3, 0.4) is 0 Å². The van der Waals surface area contributed by atoms with Crippen LogP contribution >= 0.6 is 0 Å². The van der Waals surface area contributed by atoms with E-state index < -0.39 is 5.60 Å². The second-order valence-corrected chi connectivity index (χ2v) is 3.95. The van der Waals surface area contributed by atoms with Crippen LogP contribution in [0.4, 0.5) is 0 Å². The van der Waals surface area contributed by atoms with Crippen LogP contribution in [0.1, 0.15) is 11.1 Å². The molecule has 0 saturated carbocycles. The maximum atomic E-state index is 11.2. The molecule has 0 saturated heterocycles. The normalized spacial score (nSPS) is 13.8. The highest BCUT2D eigenvalue weighted by molar-refractivity contribution is 5.74. The van der Waals surface area contributed by atoms with Crippen molar-refractivity contribution in [3.05, 3.63) is 59.7 Å². The number of rotatable bonds is 3. The van der Waals surface area contributed by atoms with Crippen molar-refractivity contribution in [3.63, 3.8) is 0 Å².